The van der Waals surface area contributed by atoms with E-state index >= 15 is 0 Å². The van der Waals surface area contributed by atoms with Crippen LogP contribution in [0.2, 0.25) is 0 Å². The van der Waals surface area contributed by atoms with Gasteiger partial charge in [0.05, 0.1) is 26.4 Å². The first-order chi connectivity index (χ1) is 51.2. The molecule has 0 fully saturated rings. The Morgan fingerprint density at radius 2 is 0.476 bits per heavy atom. The van der Waals surface area contributed by atoms with Crippen LogP contribution in [0.25, 0.3) is 0 Å². The van der Waals surface area contributed by atoms with E-state index in [4.69, 9.17) is 32.3 Å². The SMILES string of the molecule is CC/C=C\C/C=C\C/C=C\C/C=C\C/C=C\C/C=C\CCCCCCCCCCCCCCCCC(=O)OCC(O)COP(=O)(O)OCC(O)COP(=O)(O)OCC(COC(=O)CCCC/C=C\C/C=C\C/C=C\C/C=C\C/C=C\C/C=C\CC)OC(=O)CCCCCCC/C=C\C/C=C\C/C=C\CC. The van der Waals surface area contributed by atoms with Crippen LogP contribution in [0, 0.1) is 0 Å². The van der Waals surface area contributed by atoms with E-state index in [1.807, 2.05) is 0 Å². The highest BCUT2D eigenvalue weighted by Gasteiger charge is 2.29. The fourth-order valence-corrected chi connectivity index (χ4v) is 11.7. The number of hydrogen-bond donors (Lipinski definition) is 4. The maximum atomic E-state index is 13.0. The molecular weight excluding hydrogens is 1360 g/mol. The molecule has 0 saturated heterocycles. The predicted molar refractivity (Wildman–Crippen MR) is 435 cm³/mol. The van der Waals surface area contributed by atoms with Crippen molar-refractivity contribution < 1.29 is 75.8 Å². The molecule has 105 heavy (non-hydrogen) atoms. The summed E-state index contributed by atoms with van der Waals surface area (Å²) in [6.45, 7) is 2.25. The average molecular weight is 1510 g/mol. The molecule has 0 aliphatic heterocycles. The molecular formula is C87H142O16P2. The molecule has 596 valence electrons. The summed E-state index contributed by atoms with van der Waals surface area (Å²) in [6.07, 6.45) is 101. The number of carbonyl (C=O) groups excluding carboxylic acids is 3. The largest absolute Gasteiger partial charge is 0.472 e. The molecule has 0 aromatic rings. The number of carbonyl (C=O) groups is 3. The Labute approximate surface area is 636 Å². The highest BCUT2D eigenvalue weighted by Crippen LogP contribution is 2.45. The highest BCUT2D eigenvalue weighted by atomic mass is 31.2. The Morgan fingerprint density at radius 3 is 0.771 bits per heavy atom. The fraction of sp³-hybridized carbons (Fsp3) is 0.621. The molecule has 0 rings (SSSR count). The summed E-state index contributed by atoms with van der Waals surface area (Å²) in [4.78, 5) is 58.6. The average Bonchev–Trinajstić information content (AvgIpc) is 0.940. The molecule has 4 N–H and O–H groups in total. The molecule has 0 saturated carbocycles. The summed E-state index contributed by atoms with van der Waals surface area (Å²) in [7, 11) is -9.82. The third-order valence-electron chi connectivity index (χ3n) is 16.1. The van der Waals surface area contributed by atoms with Crippen LogP contribution in [0.4, 0.5) is 0 Å². The van der Waals surface area contributed by atoms with Gasteiger partial charge in [-0.25, -0.2) is 9.13 Å². The Hall–Kier alpha value is -5.35. The lowest BCUT2D eigenvalue weighted by molar-refractivity contribution is -0.161. The van der Waals surface area contributed by atoms with E-state index in [2.05, 4.69) is 203 Å². The summed E-state index contributed by atoms with van der Waals surface area (Å²) in [5.41, 5.74) is 0. The van der Waals surface area contributed by atoms with E-state index in [-0.39, 0.29) is 19.3 Å². The molecule has 0 spiro atoms. The number of unbranched alkanes of at least 4 members (excludes halogenated alkanes) is 21. The van der Waals surface area contributed by atoms with Crippen LogP contribution >= 0.6 is 15.6 Å². The number of aliphatic hydroxyl groups is 2. The van der Waals surface area contributed by atoms with Crippen LogP contribution in [0.1, 0.15) is 290 Å². The monoisotopic (exact) mass is 1500 g/mol. The van der Waals surface area contributed by atoms with Gasteiger partial charge < -0.3 is 34.2 Å². The van der Waals surface area contributed by atoms with E-state index < -0.39 is 91.5 Å². The number of esters is 3. The van der Waals surface area contributed by atoms with Crippen molar-refractivity contribution in [2.45, 2.75) is 309 Å². The lowest BCUT2D eigenvalue weighted by atomic mass is 10.0. The molecule has 0 aliphatic rings. The van der Waals surface area contributed by atoms with Crippen LogP contribution < -0.4 is 0 Å². The predicted octanol–water partition coefficient (Wildman–Crippen LogP) is 23.8. The quantitative estimate of drug-likeness (QED) is 0.0146. The second-order valence-corrected chi connectivity index (χ2v) is 29.0. The zero-order valence-corrected chi connectivity index (χ0v) is 66.9. The molecule has 0 radical (unpaired) electrons. The molecule has 0 bridgehead atoms. The summed E-state index contributed by atoms with van der Waals surface area (Å²) in [5.74, 6) is -1.66. The van der Waals surface area contributed by atoms with Crippen molar-refractivity contribution in [2.24, 2.45) is 0 Å². The van der Waals surface area contributed by atoms with Crippen molar-refractivity contribution in [3.63, 3.8) is 0 Å². The van der Waals surface area contributed by atoms with Gasteiger partial charge in [0.15, 0.2) is 6.10 Å². The topological polar surface area (TPSA) is 231 Å². The fourth-order valence-electron chi connectivity index (χ4n) is 10.1. The first kappa shape index (κ1) is 99.7. The van der Waals surface area contributed by atoms with Crippen molar-refractivity contribution in [1.29, 1.82) is 0 Å². The van der Waals surface area contributed by atoms with Gasteiger partial charge in [-0.1, -0.05) is 299 Å². The number of hydrogen-bond acceptors (Lipinski definition) is 14. The Bertz CT molecular complexity index is 2640. The minimum atomic E-state index is -4.95. The third-order valence-corrected chi connectivity index (χ3v) is 18.0. The summed E-state index contributed by atoms with van der Waals surface area (Å²) >= 11 is 0. The summed E-state index contributed by atoms with van der Waals surface area (Å²) in [5, 5.41) is 20.6. The number of aliphatic hydroxyl groups excluding tert-OH is 2. The maximum Gasteiger partial charge on any atom is 0.472 e. The lowest BCUT2D eigenvalue weighted by Crippen LogP contribution is -2.30. The van der Waals surface area contributed by atoms with Gasteiger partial charge in [-0.15, -0.1) is 0 Å². The number of phosphoric acid groups is 2. The van der Waals surface area contributed by atoms with E-state index in [9.17, 15) is 43.5 Å². The maximum absolute atomic E-state index is 13.0. The Morgan fingerprint density at radius 1 is 0.267 bits per heavy atom. The standard InChI is InChI=1S/C87H142O16P2/c1-4-7-10-13-16-19-22-25-28-30-32-34-35-36-37-38-39-40-41-42-43-44-45-47-49-50-53-55-58-61-64-67-70-73-85(90)97-76-82(88)77-99-104(93,94)100-78-83(89)79-101-105(95,96)102-81-84(103-87(92)75-72-69-66-63-60-57-52-27-24-21-18-15-12-9-6-3)80-98-86(91)74-71-68-65-62-59-56-54-51-48-46-33-31-29-26-23-20-17-14-11-8-5-2/h7-12,16-21,25-29,32-34,36-37,39-40,46,51-52,54,59,62,82-84,88-89H,4-6,13-15,22-24,30-31,35,38,41-45,47-50,53,55-58,60-61,63-81H2,1-3H3,(H,93,94)(H,95,96)/b10-7-,11-8-,12-9-,19-16-,20-17-,21-18-,28-25-,29-26-,34-32-,37-36-,40-39-,46-33-,52-27-,54-51-,62-59-. The van der Waals surface area contributed by atoms with E-state index in [0.29, 0.717) is 19.3 Å². The van der Waals surface area contributed by atoms with Crippen molar-refractivity contribution in [3.05, 3.63) is 182 Å². The Balaban J connectivity index is 4.52. The van der Waals surface area contributed by atoms with Crippen molar-refractivity contribution in [2.75, 3.05) is 39.6 Å². The second kappa shape index (κ2) is 78.2. The first-order valence-corrected chi connectivity index (χ1v) is 43.1. The zero-order chi connectivity index (χ0) is 76.6. The van der Waals surface area contributed by atoms with Crippen LogP contribution in [-0.2, 0) is 55.8 Å². The highest BCUT2D eigenvalue weighted by molar-refractivity contribution is 7.47. The van der Waals surface area contributed by atoms with Crippen molar-refractivity contribution in [3.8, 4) is 0 Å². The third kappa shape index (κ3) is 79.5. The molecule has 0 aromatic carbocycles. The van der Waals surface area contributed by atoms with Crippen LogP contribution in [0.3, 0.4) is 0 Å². The van der Waals surface area contributed by atoms with Crippen LogP contribution in [0.5, 0.6) is 0 Å². The number of rotatable bonds is 74. The van der Waals surface area contributed by atoms with Gasteiger partial charge in [0.2, 0.25) is 0 Å². The number of ether oxygens (including phenoxy) is 3. The molecule has 0 amide bonds. The van der Waals surface area contributed by atoms with Gasteiger partial charge in [0.25, 0.3) is 0 Å². The molecule has 0 heterocycles. The molecule has 5 unspecified atom stereocenters. The molecule has 0 aromatic heterocycles. The summed E-state index contributed by atoms with van der Waals surface area (Å²) < 4.78 is 61.1. The minimum Gasteiger partial charge on any atom is -0.463 e. The van der Waals surface area contributed by atoms with E-state index in [1.54, 1.807) is 0 Å². The van der Waals surface area contributed by atoms with Gasteiger partial charge in [0, 0.05) is 19.3 Å². The lowest BCUT2D eigenvalue weighted by Gasteiger charge is -2.21. The number of allylic oxidation sites excluding steroid dienone is 30. The van der Waals surface area contributed by atoms with Crippen LogP contribution in [-0.4, -0.2) is 95.9 Å². The molecule has 18 heteroatoms. The van der Waals surface area contributed by atoms with E-state index in [1.165, 1.54) is 64.2 Å². The van der Waals surface area contributed by atoms with Gasteiger partial charge in [-0.05, 0) is 154 Å². The van der Waals surface area contributed by atoms with E-state index in [0.717, 1.165) is 167 Å². The Kier molecular flexibility index (Phi) is 74.3. The number of phosphoric ester groups is 2. The molecule has 5 atom stereocenters. The van der Waals surface area contributed by atoms with Gasteiger partial charge >= 0.3 is 33.6 Å². The smallest absolute Gasteiger partial charge is 0.463 e. The molecule has 16 nitrogen and oxygen atoms in total. The van der Waals surface area contributed by atoms with Gasteiger partial charge in [-0.2, -0.15) is 0 Å². The van der Waals surface area contributed by atoms with Crippen molar-refractivity contribution >= 4 is 33.6 Å². The minimum absolute atomic E-state index is 0.0691. The molecule has 0 aliphatic carbocycles. The zero-order valence-electron chi connectivity index (χ0n) is 65.1. The summed E-state index contributed by atoms with van der Waals surface area (Å²) in [6, 6.07) is 0. The first-order valence-electron chi connectivity index (χ1n) is 40.1. The van der Waals surface area contributed by atoms with Crippen molar-refractivity contribution in [1.82, 2.24) is 0 Å². The van der Waals surface area contributed by atoms with Crippen LogP contribution in [0.15, 0.2) is 182 Å². The normalized spacial score (nSPS) is 14.9. The van der Waals surface area contributed by atoms with Gasteiger partial charge in [0.1, 0.15) is 25.4 Å². The second-order valence-electron chi connectivity index (χ2n) is 26.1. The van der Waals surface area contributed by atoms with Gasteiger partial charge in [-0.3, -0.25) is 32.5 Å².